The van der Waals surface area contributed by atoms with Gasteiger partial charge >= 0.3 is 0 Å². The molecule has 1 heterocycles. The van der Waals surface area contributed by atoms with E-state index in [-0.39, 0.29) is 11.5 Å². The SMILES string of the molecule is CC(NC(c1ccccc1)C(C)(C)C)c1ccoc1. The molecule has 1 aromatic carbocycles. The van der Waals surface area contributed by atoms with Crippen LogP contribution in [0.5, 0.6) is 0 Å². The zero-order valence-electron chi connectivity index (χ0n) is 12.2. The first-order valence-electron chi connectivity index (χ1n) is 6.81. The van der Waals surface area contributed by atoms with Crippen LogP contribution in [0.4, 0.5) is 0 Å². The van der Waals surface area contributed by atoms with Crippen LogP contribution in [0, 0.1) is 5.41 Å². The van der Waals surface area contributed by atoms with Crippen LogP contribution in [0.3, 0.4) is 0 Å². The maximum Gasteiger partial charge on any atom is 0.0950 e. The van der Waals surface area contributed by atoms with Gasteiger partial charge in [0.05, 0.1) is 12.5 Å². The highest BCUT2D eigenvalue weighted by atomic mass is 16.3. The molecular weight excluding hydrogens is 234 g/mol. The van der Waals surface area contributed by atoms with E-state index >= 15 is 0 Å². The number of furan rings is 1. The molecule has 102 valence electrons. The summed E-state index contributed by atoms with van der Waals surface area (Å²) in [6, 6.07) is 13.2. The molecule has 2 nitrogen and oxygen atoms in total. The Morgan fingerprint density at radius 2 is 1.68 bits per heavy atom. The fourth-order valence-corrected chi connectivity index (χ4v) is 2.36. The summed E-state index contributed by atoms with van der Waals surface area (Å²) in [5, 5.41) is 3.72. The average molecular weight is 257 g/mol. The van der Waals surface area contributed by atoms with Crippen molar-refractivity contribution in [1.82, 2.24) is 5.32 Å². The van der Waals surface area contributed by atoms with Crippen LogP contribution < -0.4 is 5.32 Å². The molecule has 0 aliphatic carbocycles. The molecule has 0 bridgehead atoms. The second-order valence-electron chi connectivity index (χ2n) is 6.15. The molecule has 0 amide bonds. The summed E-state index contributed by atoms with van der Waals surface area (Å²) in [5.41, 5.74) is 2.66. The lowest BCUT2D eigenvalue weighted by Crippen LogP contribution is -2.34. The van der Waals surface area contributed by atoms with Gasteiger partial charge in [-0.3, -0.25) is 0 Å². The van der Waals surface area contributed by atoms with E-state index in [9.17, 15) is 0 Å². The summed E-state index contributed by atoms with van der Waals surface area (Å²) in [6.45, 7) is 8.96. The van der Waals surface area contributed by atoms with E-state index in [1.165, 1.54) is 11.1 Å². The minimum Gasteiger partial charge on any atom is -0.472 e. The molecule has 2 heteroatoms. The minimum absolute atomic E-state index is 0.152. The van der Waals surface area contributed by atoms with Gasteiger partial charge in [0, 0.05) is 17.6 Å². The average Bonchev–Trinajstić information content (AvgIpc) is 2.89. The van der Waals surface area contributed by atoms with Crippen molar-refractivity contribution in [3.63, 3.8) is 0 Å². The van der Waals surface area contributed by atoms with Crippen molar-refractivity contribution in [1.29, 1.82) is 0 Å². The standard InChI is InChI=1S/C17H23NO/c1-13(15-10-11-19-12-15)18-16(17(2,3)4)14-8-6-5-7-9-14/h5-13,16,18H,1-4H3. The molecule has 0 aliphatic rings. The van der Waals surface area contributed by atoms with Gasteiger partial charge in [0.1, 0.15) is 0 Å². The van der Waals surface area contributed by atoms with Gasteiger partial charge in [-0.1, -0.05) is 51.1 Å². The molecule has 2 rings (SSSR count). The molecule has 2 atom stereocenters. The van der Waals surface area contributed by atoms with Crippen LogP contribution in [-0.4, -0.2) is 0 Å². The van der Waals surface area contributed by atoms with Gasteiger partial charge in [0.15, 0.2) is 0 Å². The summed E-state index contributed by atoms with van der Waals surface area (Å²) >= 11 is 0. The third-order valence-electron chi connectivity index (χ3n) is 3.46. The molecule has 0 aliphatic heterocycles. The first-order valence-corrected chi connectivity index (χ1v) is 6.81. The summed E-state index contributed by atoms with van der Waals surface area (Å²) in [7, 11) is 0. The van der Waals surface area contributed by atoms with Crippen LogP contribution in [-0.2, 0) is 0 Å². The molecule has 0 saturated heterocycles. The fourth-order valence-electron chi connectivity index (χ4n) is 2.36. The van der Waals surface area contributed by atoms with Gasteiger partial charge in [-0.25, -0.2) is 0 Å². The first-order chi connectivity index (χ1) is 8.98. The normalized spacial score (nSPS) is 15.2. The van der Waals surface area contributed by atoms with Crippen molar-refractivity contribution >= 4 is 0 Å². The first kappa shape index (κ1) is 13.9. The van der Waals surface area contributed by atoms with Crippen LogP contribution in [0.2, 0.25) is 0 Å². The van der Waals surface area contributed by atoms with E-state index in [2.05, 4.69) is 63.3 Å². The molecule has 0 fully saturated rings. The highest BCUT2D eigenvalue weighted by molar-refractivity contribution is 5.22. The van der Waals surface area contributed by atoms with Crippen LogP contribution in [0.1, 0.15) is 50.9 Å². The van der Waals surface area contributed by atoms with Crippen molar-refractivity contribution in [2.24, 2.45) is 5.41 Å². The summed E-state index contributed by atoms with van der Waals surface area (Å²) < 4.78 is 5.17. The predicted molar refractivity (Wildman–Crippen MR) is 78.9 cm³/mol. The minimum atomic E-state index is 0.152. The predicted octanol–water partition coefficient (Wildman–Crippen LogP) is 4.72. The largest absolute Gasteiger partial charge is 0.472 e. The Labute approximate surface area is 115 Å². The molecular formula is C17H23NO. The lowest BCUT2D eigenvalue weighted by atomic mass is 9.82. The third-order valence-corrected chi connectivity index (χ3v) is 3.46. The van der Waals surface area contributed by atoms with Crippen LogP contribution >= 0.6 is 0 Å². The van der Waals surface area contributed by atoms with E-state index in [1.54, 1.807) is 6.26 Å². The molecule has 1 N–H and O–H groups in total. The van der Waals surface area contributed by atoms with E-state index in [1.807, 2.05) is 12.3 Å². The zero-order chi connectivity index (χ0) is 13.9. The van der Waals surface area contributed by atoms with Crippen molar-refractivity contribution in [2.75, 3.05) is 0 Å². The molecule has 0 radical (unpaired) electrons. The maximum atomic E-state index is 5.17. The Balaban J connectivity index is 2.20. The molecule has 19 heavy (non-hydrogen) atoms. The molecule has 0 spiro atoms. The van der Waals surface area contributed by atoms with E-state index < -0.39 is 0 Å². The number of hydrogen-bond donors (Lipinski definition) is 1. The van der Waals surface area contributed by atoms with Gasteiger partial charge in [-0.05, 0) is 24.0 Å². The lowest BCUT2D eigenvalue weighted by Gasteiger charge is -2.34. The van der Waals surface area contributed by atoms with E-state index in [0.29, 0.717) is 6.04 Å². The second-order valence-corrected chi connectivity index (χ2v) is 6.15. The maximum absolute atomic E-state index is 5.17. The van der Waals surface area contributed by atoms with Crippen LogP contribution in [0.15, 0.2) is 53.3 Å². The Morgan fingerprint density at radius 3 is 2.21 bits per heavy atom. The summed E-state index contributed by atoms with van der Waals surface area (Å²) in [6.07, 6.45) is 3.53. The highest BCUT2D eigenvalue weighted by Gasteiger charge is 2.27. The van der Waals surface area contributed by atoms with Crippen molar-refractivity contribution in [3.8, 4) is 0 Å². The molecule has 0 saturated carbocycles. The molecule has 2 aromatic rings. The number of rotatable bonds is 4. The van der Waals surface area contributed by atoms with Crippen LogP contribution in [0.25, 0.3) is 0 Å². The van der Waals surface area contributed by atoms with Crippen molar-refractivity contribution in [3.05, 3.63) is 60.1 Å². The van der Waals surface area contributed by atoms with Crippen molar-refractivity contribution < 1.29 is 4.42 Å². The Morgan fingerprint density at radius 1 is 1.00 bits per heavy atom. The van der Waals surface area contributed by atoms with E-state index in [0.717, 1.165) is 0 Å². The number of benzene rings is 1. The lowest BCUT2D eigenvalue weighted by molar-refractivity contribution is 0.254. The quantitative estimate of drug-likeness (QED) is 0.857. The Kier molecular flexibility index (Phi) is 4.11. The topological polar surface area (TPSA) is 25.2 Å². The monoisotopic (exact) mass is 257 g/mol. The fraction of sp³-hybridized carbons (Fsp3) is 0.412. The van der Waals surface area contributed by atoms with Gasteiger partial charge in [0.2, 0.25) is 0 Å². The molecule has 2 unspecified atom stereocenters. The second kappa shape index (κ2) is 5.62. The van der Waals surface area contributed by atoms with Gasteiger partial charge in [0.25, 0.3) is 0 Å². The summed E-state index contributed by atoms with van der Waals surface area (Å²) in [5.74, 6) is 0. The third kappa shape index (κ3) is 3.48. The van der Waals surface area contributed by atoms with Gasteiger partial charge < -0.3 is 9.73 Å². The van der Waals surface area contributed by atoms with Gasteiger partial charge in [-0.15, -0.1) is 0 Å². The highest BCUT2D eigenvalue weighted by Crippen LogP contribution is 2.34. The Hall–Kier alpha value is -1.54. The Bertz CT molecular complexity index is 482. The van der Waals surface area contributed by atoms with E-state index in [4.69, 9.17) is 4.42 Å². The molecule has 1 aromatic heterocycles. The van der Waals surface area contributed by atoms with Gasteiger partial charge in [-0.2, -0.15) is 0 Å². The number of nitrogens with one attached hydrogen (secondary N) is 1. The summed E-state index contributed by atoms with van der Waals surface area (Å²) in [4.78, 5) is 0. The number of hydrogen-bond acceptors (Lipinski definition) is 2. The zero-order valence-corrected chi connectivity index (χ0v) is 12.2. The smallest absolute Gasteiger partial charge is 0.0950 e. The van der Waals surface area contributed by atoms with Crippen molar-refractivity contribution in [2.45, 2.75) is 39.8 Å².